The molecule has 0 aliphatic rings. The minimum absolute atomic E-state index is 0.200. The van der Waals surface area contributed by atoms with Gasteiger partial charge >= 0.3 is 5.97 Å². The fourth-order valence-corrected chi connectivity index (χ4v) is 1.39. The lowest BCUT2D eigenvalue weighted by atomic mass is 10.1. The van der Waals surface area contributed by atoms with Crippen LogP contribution in [0.2, 0.25) is 0 Å². The molecule has 0 aromatic heterocycles. The van der Waals surface area contributed by atoms with Crippen molar-refractivity contribution in [3.8, 4) is 5.75 Å². The zero-order valence-corrected chi connectivity index (χ0v) is 10.7. The number of hydrogen-bond donors (Lipinski definition) is 0. The van der Waals surface area contributed by atoms with Gasteiger partial charge in [0.2, 0.25) is 0 Å². The molecule has 0 fully saturated rings. The highest BCUT2D eigenvalue weighted by molar-refractivity contribution is 5.72. The van der Waals surface area contributed by atoms with Crippen LogP contribution in [0.15, 0.2) is 24.3 Å². The predicted octanol–water partition coefficient (Wildman–Crippen LogP) is 2.83. The van der Waals surface area contributed by atoms with E-state index in [4.69, 9.17) is 9.47 Å². The zero-order valence-electron chi connectivity index (χ0n) is 10.7. The van der Waals surface area contributed by atoms with E-state index in [9.17, 15) is 4.79 Å². The summed E-state index contributed by atoms with van der Waals surface area (Å²) in [5.74, 6) is 1.10. The largest absolute Gasteiger partial charge is 0.493 e. The Kier molecular flexibility index (Phi) is 5.53. The van der Waals surface area contributed by atoms with Crippen molar-refractivity contribution in [3.05, 3.63) is 29.8 Å². The topological polar surface area (TPSA) is 35.5 Å². The SMILES string of the molecule is CCOC(=O)Cc1cccc(OCC(C)C)c1. The van der Waals surface area contributed by atoms with Crippen molar-refractivity contribution in [2.75, 3.05) is 13.2 Å². The van der Waals surface area contributed by atoms with Crippen LogP contribution in [0.4, 0.5) is 0 Å². The molecule has 0 N–H and O–H groups in total. The molecule has 0 atom stereocenters. The maximum absolute atomic E-state index is 11.3. The second kappa shape index (κ2) is 6.94. The summed E-state index contributed by atoms with van der Waals surface area (Å²) in [5, 5.41) is 0. The van der Waals surface area contributed by atoms with Crippen molar-refractivity contribution in [2.45, 2.75) is 27.2 Å². The minimum Gasteiger partial charge on any atom is -0.493 e. The van der Waals surface area contributed by atoms with Crippen molar-refractivity contribution in [1.29, 1.82) is 0 Å². The Morgan fingerprint density at radius 3 is 2.76 bits per heavy atom. The summed E-state index contributed by atoms with van der Waals surface area (Å²) in [6, 6.07) is 7.58. The van der Waals surface area contributed by atoms with Gasteiger partial charge in [-0.3, -0.25) is 4.79 Å². The molecule has 0 heterocycles. The molecule has 0 radical (unpaired) electrons. The van der Waals surface area contributed by atoms with Gasteiger partial charge in [0.25, 0.3) is 0 Å². The summed E-state index contributed by atoms with van der Waals surface area (Å²) in [5.41, 5.74) is 0.921. The van der Waals surface area contributed by atoms with Gasteiger partial charge in [-0.2, -0.15) is 0 Å². The number of benzene rings is 1. The molecule has 3 nitrogen and oxygen atoms in total. The lowest BCUT2D eigenvalue weighted by Crippen LogP contribution is -2.08. The van der Waals surface area contributed by atoms with E-state index in [-0.39, 0.29) is 5.97 Å². The minimum atomic E-state index is -0.200. The van der Waals surface area contributed by atoms with E-state index in [1.807, 2.05) is 24.3 Å². The van der Waals surface area contributed by atoms with Gasteiger partial charge < -0.3 is 9.47 Å². The molecule has 3 heteroatoms. The zero-order chi connectivity index (χ0) is 12.7. The smallest absolute Gasteiger partial charge is 0.310 e. The quantitative estimate of drug-likeness (QED) is 0.712. The number of rotatable bonds is 6. The first-order valence-corrected chi connectivity index (χ1v) is 5.99. The first-order valence-electron chi connectivity index (χ1n) is 5.99. The van der Waals surface area contributed by atoms with Crippen LogP contribution in [-0.2, 0) is 16.0 Å². The number of ether oxygens (including phenoxy) is 2. The molecule has 0 aliphatic heterocycles. The third-order valence-electron chi connectivity index (χ3n) is 2.14. The highest BCUT2D eigenvalue weighted by Gasteiger charge is 2.05. The lowest BCUT2D eigenvalue weighted by Gasteiger charge is -2.09. The van der Waals surface area contributed by atoms with Crippen LogP contribution in [0.3, 0.4) is 0 Å². The molecule has 0 aliphatic carbocycles. The van der Waals surface area contributed by atoms with E-state index in [1.54, 1.807) is 6.92 Å². The third kappa shape index (κ3) is 5.38. The van der Waals surface area contributed by atoms with E-state index in [2.05, 4.69) is 13.8 Å². The Balaban J connectivity index is 2.56. The highest BCUT2D eigenvalue weighted by atomic mass is 16.5. The van der Waals surface area contributed by atoms with E-state index in [0.717, 1.165) is 11.3 Å². The van der Waals surface area contributed by atoms with Crippen molar-refractivity contribution < 1.29 is 14.3 Å². The van der Waals surface area contributed by atoms with Crippen LogP contribution in [0.1, 0.15) is 26.3 Å². The first kappa shape index (κ1) is 13.6. The fourth-order valence-electron chi connectivity index (χ4n) is 1.39. The van der Waals surface area contributed by atoms with Gasteiger partial charge in [-0.1, -0.05) is 26.0 Å². The van der Waals surface area contributed by atoms with E-state index in [0.29, 0.717) is 25.6 Å². The Hall–Kier alpha value is -1.51. The number of hydrogen-bond acceptors (Lipinski definition) is 3. The van der Waals surface area contributed by atoms with Gasteiger partial charge in [0.15, 0.2) is 0 Å². The average molecular weight is 236 g/mol. The van der Waals surface area contributed by atoms with Crippen molar-refractivity contribution >= 4 is 5.97 Å². The monoisotopic (exact) mass is 236 g/mol. The number of esters is 1. The molecule has 1 aromatic carbocycles. The molecule has 0 unspecified atom stereocenters. The van der Waals surface area contributed by atoms with Crippen LogP contribution in [0.25, 0.3) is 0 Å². The predicted molar refractivity (Wildman–Crippen MR) is 67.1 cm³/mol. The van der Waals surface area contributed by atoms with Crippen LogP contribution in [-0.4, -0.2) is 19.2 Å². The summed E-state index contributed by atoms with van der Waals surface area (Å²) < 4.78 is 10.5. The van der Waals surface area contributed by atoms with Crippen molar-refractivity contribution in [2.24, 2.45) is 5.92 Å². The number of carbonyl (C=O) groups is 1. The Morgan fingerprint density at radius 2 is 2.12 bits per heavy atom. The van der Waals surface area contributed by atoms with Crippen LogP contribution >= 0.6 is 0 Å². The second-order valence-corrected chi connectivity index (χ2v) is 4.33. The molecule has 1 rings (SSSR count). The Bertz CT molecular complexity index is 358. The van der Waals surface area contributed by atoms with E-state index >= 15 is 0 Å². The normalized spacial score (nSPS) is 10.4. The molecule has 0 saturated heterocycles. The molecule has 17 heavy (non-hydrogen) atoms. The molecule has 0 spiro atoms. The van der Waals surface area contributed by atoms with Gasteiger partial charge in [0.1, 0.15) is 5.75 Å². The summed E-state index contributed by atoms with van der Waals surface area (Å²) in [6.45, 7) is 7.11. The van der Waals surface area contributed by atoms with Crippen LogP contribution in [0.5, 0.6) is 5.75 Å². The maximum Gasteiger partial charge on any atom is 0.310 e. The third-order valence-corrected chi connectivity index (χ3v) is 2.14. The average Bonchev–Trinajstić information content (AvgIpc) is 2.27. The summed E-state index contributed by atoms with van der Waals surface area (Å²) in [7, 11) is 0. The molecular weight excluding hydrogens is 216 g/mol. The summed E-state index contributed by atoms with van der Waals surface area (Å²) >= 11 is 0. The first-order chi connectivity index (χ1) is 8.11. The van der Waals surface area contributed by atoms with Gasteiger partial charge in [-0.15, -0.1) is 0 Å². The summed E-state index contributed by atoms with van der Waals surface area (Å²) in [4.78, 5) is 11.3. The number of carbonyl (C=O) groups excluding carboxylic acids is 1. The molecule has 0 bridgehead atoms. The molecule has 1 aromatic rings. The van der Waals surface area contributed by atoms with Crippen LogP contribution < -0.4 is 4.74 Å². The maximum atomic E-state index is 11.3. The molecule has 0 amide bonds. The van der Waals surface area contributed by atoms with Crippen molar-refractivity contribution in [1.82, 2.24) is 0 Å². The van der Waals surface area contributed by atoms with E-state index in [1.165, 1.54) is 0 Å². The van der Waals surface area contributed by atoms with E-state index < -0.39 is 0 Å². The Labute approximate surface area is 103 Å². The fraction of sp³-hybridized carbons (Fsp3) is 0.500. The van der Waals surface area contributed by atoms with Gasteiger partial charge in [-0.25, -0.2) is 0 Å². The molecule has 0 saturated carbocycles. The van der Waals surface area contributed by atoms with Crippen LogP contribution in [0, 0.1) is 5.92 Å². The molecular formula is C14H20O3. The summed E-state index contributed by atoms with van der Waals surface area (Å²) in [6.07, 6.45) is 0.298. The van der Waals surface area contributed by atoms with Gasteiger partial charge in [0, 0.05) is 0 Å². The molecule has 94 valence electrons. The van der Waals surface area contributed by atoms with Gasteiger partial charge in [-0.05, 0) is 30.5 Å². The highest BCUT2D eigenvalue weighted by Crippen LogP contribution is 2.15. The van der Waals surface area contributed by atoms with Crippen molar-refractivity contribution in [3.63, 3.8) is 0 Å². The lowest BCUT2D eigenvalue weighted by molar-refractivity contribution is -0.142. The van der Waals surface area contributed by atoms with Gasteiger partial charge in [0.05, 0.1) is 19.6 Å². The Morgan fingerprint density at radius 1 is 1.35 bits per heavy atom. The standard InChI is InChI=1S/C14H20O3/c1-4-16-14(15)9-12-6-5-7-13(8-12)17-10-11(2)3/h5-8,11H,4,9-10H2,1-3H3. The second-order valence-electron chi connectivity index (χ2n) is 4.33.